The molecule has 1 N–H and O–H groups in total. The van der Waals surface area contributed by atoms with E-state index < -0.39 is 0 Å². The zero-order valence-corrected chi connectivity index (χ0v) is 92.7. The van der Waals surface area contributed by atoms with Crippen LogP contribution in [-0.4, -0.2) is 45.8 Å². The summed E-state index contributed by atoms with van der Waals surface area (Å²) < 4.78 is 6.30. The molecule has 0 saturated heterocycles. The van der Waals surface area contributed by atoms with Crippen molar-refractivity contribution in [3.8, 4) is 123 Å². The number of aromatic nitrogens is 7. The van der Waals surface area contributed by atoms with Gasteiger partial charge in [0.15, 0.2) is 5.78 Å². The van der Waals surface area contributed by atoms with Gasteiger partial charge in [-0.2, -0.15) is 0 Å². The predicted molar refractivity (Wildman–Crippen MR) is 561 cm³/mol. The number of nitrogens with zero attached hydrogens (tertiary/aromatic N) is 7. The third-order valence-electron chi connectivity index (χ3n) is 21.7. The van der Waals surface area contributed by atoms with E-state index in [1.54, 1.807) is 18.6 Å². The molecule has 10 nitrogen and oxygen atoms in total. The summed E-state index contributed by atoms with van der Waals surface area (Å²) in [4.78, 5) is 40.9. The smallest absolute Gasteiger partial charge is 0.155 e. The number of aryl methyl sites for hydroxylation is 3. The zero-order chi connectivity index (χ0) is 95.4. The molecule has 0 spiro atoms. The van der Waals surface area contributed by atoms with Crippen molar-refractivity contribution in [1.82, 2.24) is 34.9 Å². The second kappa shape index (κ2) is 58.2. The molecule has 0 saturated carbocycles. The molecule has 0 unspecified atom stereocenters. The first-order chi connectivity index (χ1) is 66.1. The van der Waals surface area contributed by atoms with Crippen LogP contribution in [0.3, 0.4) is 0 Å². The molecule has 12 aromatic carbocycles. The van der Waals surface area contributed by atoms with Crippen LogP contribution in [0.4, 0.5) is 0 Å². The van der Waals surface area contributed by atoms with Crippen LogP contribution in [-0.2, 0) is 117 Å². The van der Waals surface area contributed by atoms with Crippen molar-refractivity contribution in [2.24, 2.45) is 5.92 Å². The number of hydrogen-bond acceptors (Lipinski definition) is 10. The molecule has 0 aliphatic rings. The number of carbonyl (C=O) groups is 1. The molecule has 0 aliphatic carbocycles. The van der Waals surface area contributed by atoms with Gasteiger partial charge in [0.2, 0.25) is 0 Å². The largest absolute Gasteiger partial charge is 0.512 e. The fourth-order valence-corrected chi connectivity index (χ4v) is 14.9. The Morgan fingerprint density at radius 1 is 0.333 bits per heavy atom. The Hall–Kier alpha value is -13.1. The van der Waals surface area contributed by atoms with E-state index in [1.165, 1.54) is 103 Å². The minimum Gasteiger partial charge on any atom is -0.512 e. The van der Waals surface area contributed by atoms with E-state index in [2.05, 4.69) is 329 Å². The number of aliphatic hydroxyl groups excluding tert-OH is 1. The monoisotopic (exact) mass is 2730 g/mol. The molecule has 8 aromatic heterocycles. The molecule has 5 radical (unpaired) electrons. The van der Waals surface area contributed by atoms with Crippen LogP contribution in [0.5, 0.6) is 0 Å². The number of aliphatic hydroxyl groups is 1. The number of rotatable bonds is 15. The first-order valence-corrected chi connectivity index (χ1v) is 45.6. The third kappa shape index (κ3) is 34.7. The van der Waals surface area contributed by atoms with E-state index in [9.17, 15) is 4.79 Å². The number of benzene rings is 12. The van der Waals surface area contributed by atoms with Crippen molar-refractivity contribution in [1.29, 1.82) is 0 Å². The molecular weight excluding hydrogens is 2620 g/mol. The van der Waals surface area contributed by atoms with Crippen molar-refractivity contribution in [2.75, 3.05) is 0 Å². The number of allylic oxidation sites excluding steroid dienone is 2. The van der Waals surface area contributed by atoms with Crippen LogP contribution < -0.4 is 0 Å². The normalized spacial score (nSPS) is 10.4. The molecule has 8 heterocycles. The Bertz CT molecular complexity index is 6980. The first-order valence-electron chi connectivity index (χ1n) is 45.6. The van der Waals surface area contributed by atoms with Crippen LogP contribution in [0.2, 0.25) is 0 Å². The van der Waals surface area contributed by atoms with Crippen molar-refractivity contribution in [3.63, 3.8) is 0 Å². The van der Waals surface area contributed by atoms with Gasteiger partial charge in [-0.15, -0.1) is 232 Å². The summed E-state index contributed by atoms with van der Waals surface area (Å²) >= 11 is 0. The van der Waals surface area contributed by atoms with Crippen molar-refractivity contribution < 1.29 is 115 Å². The summed E-state index contributed by atoms with van der Waals surface area (Å²) in [5.41, 5.74) is 33.0. The molecule has 15 heteroatoms. The molecule has 0 amide bonds. The number of hydrogen-bond donors (Lipinski definition) is 1. The molecular formula is C126H110Ir5N7O3-7. The molecule has 0 atom stereocenters. The maximum atomic E-state index is 10.0. The average molecular weight is 2730 g/mol. The molecule has 20 aromatic rings. The Morgan fingerprint density at radius 2 is 0.752 bits per heavy atom. The van der Waals surface area contributed by atoms with Crippen molar-refractivity contribution in [2.45, 2.75) is 101 Å². The molecule has 0 aliphatic heterocycles. The topological polar surface area (TPSA) is 141 Å². The number of furan rings is 1. The maximum Gasteiger partial charge on any atom is 0.155 e. The minimum absolute atomic E-state index is 0. The Balaban J connectivity index is 0.000000200. The van der Waals surface area contributed by atoms with Gasteiger partial charge in [0, 0.05) is 155 Å². The molecule has 20 rings (SSSR count). The summed E-state index contributed by atoms with van der Waals surface area (Å²) in [5, 5.41) is 10.7. The van der Waals surface area contributed by atoms with E-state index in [-0.39, 0.29) is 117 Å². The molecule has 0 fully saturated rings. The second-order valence-corrected chi connectivity index (χ2v) is 34.4. The number of ketones is 1. The van der Waals surface area contributed by atoms with Gasteiger partial charge < -0.3 is 44.4 Å². The minimum atomic E-state index is -0.125. The van der Waals surface area contributed by atoms with Crippen LogP contribution in [0, 0.1) is 69.2 Å². The van der Waals surface area contributed by atoms with Gasteiger partial charge in [0.1, 0.15) is 5.58 Å². The van der Waals surface area contributed by atoms with Gasteiger partial charge >= 0.3 is 0 Å². The van der Waals surface area contributed by atoms with Gasteiger partial charge in [-0.1, -0.05) is 272 Å². The van der Waals surface area contributed by atoms with E-state index in [1.807, 2.05) is 213 Å². The van der Waals surface area contributed by atoms with Gasteiger partial charge in [0.25, 0.3) is 0 Å². The van der Waals surface area contributed by atoms with Gasteiger partial charge in [-0.25, -0.2) is 0 Å². The second-order valence-electron chi connectivity index (χ2n) is 34.4. The van der Waals surface area contributed by atoms with Gasteiger partial charge in [0.05, 0.1) is 11.3 Å². The quantitative estimate of drug-likeness (QED) is 0.0599. The van der Waals surface area contributed by atoms with Crippen LogP contribution in [0.15, 0.2) is 430 Å². The van der Waals surface area contributed by atoms with Crippen molar-refractivity contribution >= 4 is 27.7 Å². The molecule has 141 heavy (non-hydrogen) atoms. The summed E-state index contributed by atoms with van der Waals surface area (Å²) in [6, 6.07) is 147. The van der Waals surface area contributed by atoms with E-state index >= 15 is 0 Å². The Labute approximate surface area is 900 Å². The number of para-hydroxylation sites is 1. The Kier molecular flexibility index (Phi) is 46.8. The summed E-state index contributed by atoms with van der Waals surface area (Å²) in [6.07, 6.45) is 15.1. The zero-order valence-electron chi connectivity index (χ0n) is 80.8. The fourth-order valence-electron chi connectivity index (χ4n) is 14.9. The standard InChI is InChI=1S/C21H18NO.C21H20N.C20H18N.C19H16N.C18H14N.2C11H8N.C5H8O2.5Ir/c1-14(2)13-15-7-5-8-16-17-9-6-10-18(21(17)23-20(15)16)19-11-3-4-12-22-19;1-21(2,3)19-12-13-22-20(15-19)18-11-7-10-17(14-18)16-8-5-4-6-9-16;1-15(2)19-11-12-20(21-14-19)18-10-6-9-17(13-18)16-7-4-3-5-8-16;1-14-10-15(2)12-18(11-14)17-8-9-20-19(13-17)16-6-4-3-5-7-16;1-14-7-9-16(10-8-14)18-13-17(11-12-19-18)15-5-3-2-4-6-15;2*1-2-6-10(7-3-1)11-8-4-5-9-12-11;1-4(6)3-5(2)7;;;;;/h3-9,11-12,14H,13H2,1-2H3;4-10,12-15H,1-3H3;3-9,11-15H,1-2H3;3-6,8-13H,1-2H3;2-9,11-13H,1H3;2*1-6,8-9H;3,6H,1-2H3;;;;;/q7*-1;;;;;;. The van der Waals surface area contributed by atoms with E-state index in [0.717, 1.165) is 102 Å². The maximum absolute atomic E-state index is 10.0. The molecule has 0 bridgehead atoms. The van der Waals surface area contributed by atoms with Crippen molar-refractivity contribution in [3.05, 3.63) is 501 Å². The third-order valence-corrected chi connectivity index (χ3v) is 21.7. The van der Waals surface area contributed by atoms with Gasteiger partial charge in [-0.3, -0.25) is 4.79 Å². The van der Waals surface area contributed by atoms with Crippen LogP contribution >= 0.6 is 0 Å². The predicted octanol–water partition coefficient (Wildman–Crippen LogP) is 32.0. The average Bonchev–Trinajstić information content (AvgIpc) is 1.60. The van der Waals surface area contributed by atoms with E-state index in [0.29, 0.717) is 11.8 Å². The summed E-state index contributed by atoms with van der Waals surface area (Å²) in [5.74, 6) is 1.04. The fraction of sp³-hybridized carbons (Fsp3) is 0.127. The van der Waals surface area contributed by atoms with Crippen LogP contribution in [0.25, 0.3) is 145 Å². The molecule has 719 valence electrons. The van der Waals surface area contributed by atoms with Crippen LogP contribution in [0.1, 0.15) is 102 Å². The number of pyridine rings is 7. The number of fused-ring (bicyclic) bond motifs is 3. The summed E-state index contributed by atoms with van der Waals surface area (Å²) in [6.45, 7) is 24.6. The SMILES string of the molecule is CC(=O)C=C(C)O.CC(C)(C)c1ccnc(-c2[c-]ccc(-c3ccccc3)c2)c1.CC(C)Cc1cccc2c1oc1c(-c3ccccn3)[c-]ccc12.CC(C)c1ccc(-c2[c-]ccc(-c3ccccc3)c2)nc1.Cc1c[c-]c(-c2cc(-c3ccccc3)ccn2)cc1.Cc1cc(C)cc(-c2ccnc(-c3[c-]cccc3)c2)c1.[Ir].[Ir].[Ir].[Ir].[Ir].[c-]1ccccc1-c1ccccn1.[c-]1ccccc1-c1ccccn1. The first kappa shape index (κ1) is 113. The Morgan fingerprint density at radius 3 is 1.18 bits per heavy atom. The summed E-state index contributed by atoms with van der Waals surface area (Å²) in [7, 11) is 0. The number of carbonyl (C=O) groups excluding carboxylic acids is 1. The van der Waals surface area contributed by atoms with Gasteiger partial charge in [-0.05, 0) is 178 Å². The van der Waals surface area contributed by atoms with E-state index in [4.69, 9.17) is 9.52 Å².